The number of aryl methyl sites for hydroxylation is 1. The minimum absolute atomic E-state index is 0.00784. The topological polar surface area (TPSA) is 91.2 Å². The number of methoxy groups -OCH3 is 1. The number of hydrogen-bond acceptors (Lipinski definition) is 7. The van der Waals surface area contributed by atoms with Crippen LogP contribution in [0.3, 0.4) is 0 Å². The lowest BCUT2D eigenvalue weighted by Gasteiger charge is -2.02. The molecule has 140 valence electrons. The molecule has 1 N–H and O–H groups in total. The van der Waals surface area contributed by atoms with E-state index in [0.717, 1.165) is 35.8 Å². The molecule has 2 aromatic heterocycles. The van der Waals surface area contributed by atoms with E-state index in [0.29, 0.717) is 16.5 Å². The Kier molecular flexibility index (Phi) is 4.87. The molecule has 0 saturated carbocycles. The molecule has 1 fully saturated rings. The van der Waals surface area contributed by atoms with Gasteiger partial charge in [0.2, 0.25) is 5.13 Å². The zero-order valence-electron chi connectivity index (χ0n) is 15.0. The van der Waals surface area contributed by atoms with Crippen LogP contribution in [0.15, 0.2) is 30.3 Å². The Morgan fingerprint density at radius 2 is 2.15 bits per heavy atom. The number of ether oxygens (including phenoxy) is 2. The van der Waals surface area contributed by atoms with Crippen molar-refractivity contribution in [3.63, 3.8) is 0 Å². The van der Waals surface area contributed by atoms with Crippen LogP contribution in [0.4, 0.5) is 5.13 Å². The van der Waals surface area contributed by atoms with Crippen LogP contribution >= 0.6 is 11.3 Å². The van der Waals surface area contributed by atoms with Gasteiger partial charge in [-0.1, -0.05) is 11.3 Å². The third-order valence-corrected chi connectivity index (χ3v) is 5.30. The molecule has 1 aliphatic rings. The van der Waals surface area contributed by atoms with Gasteiger partial charge in [0.25, 0.3) is 5.91 Å². The Morgan fingerprint density at radius 1 is 1.33 bits per heavy atom. The molecule has 0 aliphatic carbocycles. The zero-order valence-corrected chi connectivity index (χ0v) is 15.8. The first kappa shape index (κ1) is 17.6. The van der Waals surface area contributed by atoms with Gasteiger partial charge in [-0.25, -0.2) is 0 Å². The summed E-state index contributed by atoms with van der Waals surface area (Å²) in [5.74, 6) is 0.491. The molecule has 3 heterocycles. The predicted octanol–water partition coefficient (Wildman–Crippen LogP) is 3.05. The molecule has 3 aromatic rings. The number of nitrogens with one attached hydrogen (secondary N) is 1. The molecule has 1 saturated heterocycles. The van der Waals surface area contributed by atoms with Crippen molar-refractivity contribution in [3.8, 4) is 17.0 Å². The summed E-state index contributed by atoms with van der Waals surface area (Å²) in [6.07, 6.45) is 1.96. The quantitative estimate of drug-likeness (QED) is 0.726. The van der Waals surface area contributed by atoms with Gasteiger partial charge < -0.3 is 9.47 Å². The fraction of sp³-hybridized carbons (Fsp3) is 0.333. The summed E-state index contributed by atoms with van der Waals surface area (Å²) in [6.45, 7) is 0.745. The first-order valence-corrected chi connectivity index (χ1v) is 9.40. The summed E-state index contributed by atoms with van der Waals surface area (Å²) in [5.41, 5.74) is 2.05. The molecule has 1 atom stereocenters. The molecule has 0 unspecified atom stereocenters. The summed E-state index contributed by atoms with van der Waals surface area (Å²) in [6, 6.07) is 9.28. The van der Waals surface area contributed by atoms with Crippen LogP contribution in [0.1, 0.15) is 34.4 Å². The largest absolute Gasteiger partial charge is 0.497 e. The number of carbonyl (C=O) groups excluding carboxylic acids is 1. The molecule has 0 spiro atoms. The van der Waals surface area contributed by atoms with Gasteiger partial charge in [0.15, 0.2) is 0 Å². The summed E-state index contributed by atoms with van der Waals surface area (Å²) in [7, 11) is 3.36. The van der Waals surface area contributed by atoms with Gasteiger partial charge in [-0.15, -0.1) is 10.2 Å². The highest BCUT2D eigenvalue weighted by Crippen LogP contribution is 2.32. The highest BCUT2D eigenvalue weighted by molar-refractivity contribution is 7.15. The average molecular weight is 385 g/mol. The molecule has 4 rings (SSSR count). The smallest absolute Gasteiger partial charge is 0.275 e. The number of nitrogens with zero attached hydrogens (tertiary/aromatic N) is 4. The maximum Gasteiger partial charge on any atom is 0.275 e. The van der Waals surface area contributed by atoms with Crippen molar-refractivity contribution >= 4 is 22.4 Å². The molecular weight excluding hydrogens is 366 g/mol. The molecule has 27 heavy (non-hydrogen) atoms. The molecule has 1 amide bonds. The molecule has 1 aliphatic heterocycles. The molecule has 8 nitrogen and oxygen atoms in total. The lowest BCUT2D eigenvalue weighted by molar-refractivity contribution is 0.101. The van der Waals surface area contributed by atoms with Gasteiger partial charge in [0, 0.05) is 19.2 Å². The molecule has 0 bridgehead atoms. The number of rotatable bonds is 5. The molecule has 1 aromatic carbocycles. The summed E-state index contributed by atoms with van der Waals surface area (Å²) in [5, 5.41) is 16.7. The van der Waals surface area contributed by atoms with Gasteiger partial charge in [0.05, 0.1) is 12.8 Å². The predicted molar refractivity (Wildman–Crippen MR) is 101 cm³/mol. The second kappa shape index (κ2) is 7.45. The van der Waals surface area contributed by atoms with E-state index in [9.17, 15) is 4.79 Å². The number of carbonyl (C=O) groups is 1. The van der Waals surface area contributed by atoms with E-state index in [1.54, 1.807) is 24.9 Å². The van der Waals surface area contributed by atoms with Crippen LogP contribution in [-0.2, 0) is 11.8 Å². The third-order valence-electron chi connectivity index (χ3n) is 4.36. The van der Waals surface area contributed by atoms with Gasteiger partial charge in [0.1, 0.15) is 22.6 Å². The summed E-state index contributed by atoms with van der Waals surface area (Å²) in [4.78, 5) is 12.6. The van der Waals surface area contributed by atoms with Crippen molar-refractivity contribution in [2.45, 2.75) is 18.9 Å². The van der Waals surface area contributed by atoms with E-state index in [4.69, 9.17) is 9.47 Å². The third kappa shape index (κ3) is 3.69. The maximum atomic E-state index is 12.6. The Balaban J connectivity index is 1.49. The average Bonchev–Trinajstić information content (AvgIpc) is 3.42. The van der Waals surface area contributed by atoms with Gasteiger partial charge >= 0.3 is 0 Å². The first-order chi connectivity index (χ1) is 13.1. The number of amides is 1. The normalized spacial score (nSPS) is 16.4. The van der Waals surface area contributed by atoms with E-state index in [1.807, 2.05) is 24.3 Å². The van der Waals surface area contributed by atoms with Crippen LogP contribution in [-0.4, -0.2) is 39.6 Å². The van der Waals surface area contributed by atoms with Crippen molar-refractivity contribution in [2.75, 3.05) is 19.0 Å². The van der Waals surface area contributed by atoms with E-state index >= 15 is 0 Å². The molecule has 9 heteroatoms. The van der Waals surface area contributed by atoms with Crippen molar-refractivity contribution in [1.29, 1.82) is 0 Å². The van der Waals surface area contributed by atoms with Crippen molar-refractivity contribution in [3.05, 3.63) is 41.0 Å². The van der Waals surface area contributed by atoms with Crippen molar-refractivity contribution in [2.24, 2.45) is 7.05 Å². The van der Waals surface area contributed by atoms with Crippen molar-refractivity contribution < 1.29 is 14.3 Å². The molecule has 0 radical (unpaired) electrons. The van der Waals surface area contributed by atoms with E-state index in [-0.39, 0.29) is 12.0 Å². The van der Waals surface area contributed by atoms with Gasteiger partial charge in [-0.2, -0.15) is 5.10 Å². The second-order valence-electron chi connectivity index (χ2n) is 6.17. The highest BCUT2D eigenvalue weighted by atomic mass is 32.1. The number of benzene rings is 1. The Bertz CT molecular complexity index is 944. The summed E-state index contributed by atoms with van der Waals surface area (Å²) >= 11 is 1.34. The second-order valence-corrected chi connectivity index (χ2v) is 7.18. The van der Waals surface area contributed by atoms with Crippen LogP contribution in [0.2, 0.25) is 0 Å². The maximum absolute atomic E-state index is 12.6. The van der Waals surface area contributed by atoms with Crippen LogP contribution in [0.5, 0.6) is 5.75 Å². The van der Waals surface area contributed by atoms with Crippen LogP contribution in [0.25, 0.3) is 11.3 Å². The Morgan fingerprint density at radius 3 is 2.85 bits per heavy atom. The Hall–Kier alpha value is -2.78. The summed E-state index contributed by atoms with van der Waals surface area (Å²) < 4.78 is 12.3. The van der Waals surface area contributed by atoms with Crippen molar-refractivity contribution in [1.82, 2.24) is 20.0 Å². The lowest BCUT2D eigenvalue weighted by atomic mass is 10.1. The number of anilines is 1. The number of hydrogen-bond donors (Lipinski definition) is 1. The van der Waals surface area contributed by atoms with Crippen LogP contribution < -0.4 is 10.1 Å². The zero-order chi connectivity index (χ0) is 18.8. The number of aromatic nitrogens is 4. The Labute approximate surface area is 160 Å². The SMILES string of the molecule is COc1ccc(-c2cc(C(=O)Nc3nnc([C@@H]4CCCO4)s3)n(C)n2)cc1. The fourth-order valence-corrected chi connectivity index (χ4v) is 3.75. The van der Waals surface area contributed by atoms with Gasteiger partial charge in [-0.05, 0) is 43.2 Å². The van der Waals surface area contributed by atoms with E-state index in [1.165, 1.54) is 11.3 Å². The first-order valence-electron chi connectivity index (χ1n) is 8.59. The van der Waals surface area contributed by atoms with E-state index in [2.05, 4.69) is 20.6 Å². The van der Waals surface area contributed by atoms with Crippen LogP contribution in [0, 0.1) is 0 Å². The fourth-order valence-electron chi connectivity index (χ4n) is 2.93. The van der Waals surface area contributed by atoms with Gasteiger partial charge in [-0.3, -0.25) is 14.8 Å². The minimum Gasteiger partial charge on any atom is -0.497 e. The lowest BCUT2D eigenvalue weighted by Crippen LogP contribution is -2.15. The monoisotopic (exact) mass is 385 g/mol. The standard InChI is InChI=1S/C18H19N5O3S/c1-23-14(10-13(22-23)11-5-7-12(25-2)8-6-11)16(24)19-18-21-20-17(27-18)15-4-3-9-26-15/h5-8,10,15H,3-4,9H2,1-2H3,(H,19,21,24)/t15-/m0/s1. The minimum atomic E-state index is -0.278. The van der Waals surface area contributed by atoms with E-state index < -0.39 is 0 Å². The molecular formula is C18H19N5O3S. The highest BCUT2D eigenvalue weighted by Gasteiger charge is 2.23.